The maximum atomic E-state index is 4.93. The molecular formula is C22H32N6. The Morgan fingerprint density at radius 3 is 2.21 bits per heavy atom. The van der Waals surface area contributed by atoms with E-state index in [1.54, 1.807) is 0 Å². The number of nitrogens with zero attached hydrogens (tertiary/aromatic N) is 6. The van der Waals surface area contributed by atoms with Crippen LogP contribution in [-0.4, -0.2) is 79.2 Å². The molecule has 0 spiro atoms. The minimum absolute atomic E-state index is 0.894. The van der Waals surface area contributed by atoms with E-state index in [0.29, 0.717) is 0 Å². The molecule has 2 aromatic rings. The van der Waals surface area contributed by atoms with Crippen molar-refractivity contribution in [2.75, 3.05) is 69.2 Å². The lowest BCUT2D eigenvalue weighted by Crippen LogP contribution is -2.47. The molecule has 150 valence electrons. The number of piperazine rings is 2. The first-order chi connectivity index (χ1) is 13.6. The van der Waals surface area contributed by atoms with E-state index in [1.165, 1.54) is 11.1 Å². The van der Waals surface area contributed by atoms with E-state index in [-0.39, 0.29) is 0 Å². The highest BCUT2D eigenvalue weighted by molar-refractivity contribution is 5.46. The van der Waals surface area contributed by atoms with Gasteiger partial charge in [0.05, 0.1) is 0 Å². The predicted molar refractivity (Wildman–Crippen MR) is 115 cm³/mol. The molecule has 28 heavy (non-hydrogen) atoms. The van der Waals surface area contributed by atoms with Crippen molar-refractivity contribution in [3.63, 3.8) is 0 Å². The van der Waals surface area contributed by atoms with Crippen molar-refractivity contribution in [3.8, 4) is 0 Å². The average molecular weight is 381 g/mol. The number of likely N-dealkylation sites (N-methyl/N-ethyl adjacent to an activating group) is 1. The molecule has 0 unspecified atom stereocenters. The molecule has 0 bridgehead atoms. The summed E-state index contributed by atoms with van der Waals surface area (Å²) >= 11 is 0. The third-order valence-corrected chi connectivity index (χ3v) is 5.97. The third kappa shape index (κ3) is 4.45. The van der Waals surface area contributed by atoms with Crippen LogP contribution in [0.1, 0.15) is 16.8 Å². The molecule has 4 rings (SSSR count). The lowest BCUT2D eigenvalue weighted by Gasteiger charge is -2.36. The van der Waals surface area contributed by atoms with Crippen LogP contribution in [0.25, 0.3) is 0 Å². The van der Waals surface area contributed by atoms with E-state index in [0.717, 1.165) is 76.4 Å². The summed E-state index contributed by atoms with van der Waals surface area (Å²) < 4.78 is 0. The Morgan fingerprint density at radius 2 is 1.50 bits per heavy atom. The number of aryl methyl sites for hydroxylation is 2. The lowest BCUT2D eigenvalue weighted by molar-refractivity contribution is 0.249. The van der Waals surface area contributed by atoms with Crippen LogP contribution < -0.4 is 9.80 Å². The molecule has 6 heteroatoms. The Bertz CT molecular complexity index is 791. The summed E-state index contributed by atoms with van der Waals surface area (Å²) in [6.45, 7) is 13.7. The maximum absolute atomic E-state index is 4.93. The standard InChI is InChI=1S/C22H32N6/c1-18-6-4-5-7-20(18)17-26-10-14-27(15-11-26)21-16-19(2)23-22(24-21)28-12-8-25(3)9-13-28/h4-7,16H,8-15,17H2,1-3H3. The fourth-order valence-corrected chi connectivity index (χ4v) is 4.01. The molecule has 2 fully saturated rings. The molecule has 2 aliphatic heterocycles. The smallest absolute Gasteiger partial charge is 0.227 e. The molecule has 1 aromatic carbocycles. The summed E-state index contributed by atoms with van der Waals surface area (Å²) in [7, 11) is 2.18. The van der Waals surface area contributed by atoms with Gasteiger partial charge in [0.1, 0.15) is 5.82 Å². The predicted octanol–water partition coefficient (Wildman–Crippen LogP) is 2.17. The first-order valence-electron chi connectivity index (χ1n) is 10.4. The van der Waals surface area contributed by atoms with Crippen LogP contribution in [0, 0.1) is 13.8 Å². The second kappa shape index (κ2) is 8.45. The SMILES string of the molecule is Cc1cc(N2CCN(Cc3ccccc3C)CC2)nc(N2CCN(C)CC2)n1. The Morgan fingerprint density at radius 1 is 0.821 bits per heavy atom. The highest BCUT2D eigenvalue weighted by Crippen LogP contribution is 2.21. The second-order valence-corrected chi connectivity index (χ2v) is 8.15. The zero-order chi connectivity index (χ0) is 19.5. The molecule has 0 N–H and O–H groups in total. The van der Waals surface area contributed by atoms with Gasteiger partial charge in [0.15, 0.2) is 0 Å². The molecular weight excluding hydrogens is 348 g/mol. The summed E-state index contributed by atoms with van der Waals surface area (Å²) in [5, 5.41) is 0. The van der Waals surface area contributed by atoms with Crippen molar-refractivity contribution in [2.45, 2.75) is 20.4 Å². The maximum Gasteiger partial charge on any atom is 0.227 e. The summed E-state index contributed by atoms with van der Waals surface area (Å²) in [5.74, 6) is 1.97. The fraction of sp³-hybridized carbons (Fsp3) is 0.545. The number of benzene rings is 1. The molecule has 2 aliphatic rings. The Labute approximate surface area is 168 Å². The monoisotopic (exact) mass is 380 g/mol. The third-order valence-electron chi connectivity index (χ3n) is 5.97. The van der Waals surface area contributed by atoms with Gasteiger partial charge in [-0.15, -0.1) is 0 Å². The molecule has 1 aromatic heterocycles. The summed E-state index contributed by atoms with van der Waals surface area (Å²) in [5.41, 5.74) is 3.88. The van der Waals surface area contributed by atoms with Crippen LogP contribution in [-0.2, 0) is 6.54 Å². The summed E-state index contributed by atoms with van der Waals surface area (Å²) in [4.78, 5) is 19.3. The van der Waals surface area contributed by atoms with Crippen LogP contribution in [0.3, 0.4) is 0 Å². The Hall–Kier alpha value is -2.18. The summed E-state index contributed by atoms with van der Waals surface area (Å²) in [6.07, 6.45) is 0. The van der Waals surface area contributed by atoms with Gasteiger partial charge in [-0.3, -0.25) is 4.90 Å². The Balaban J connectivity index is 1.40. The van der Waals surface area contributed by atoms with E-state index in [2.05, 4.69) is 70.8 Å². The van der Waals surface area contributed by atoms with Crippen molar-refractivity contribution < 1.29 is 0 Å². The highest BCUT2D eigenvalue weighted by atomic mass is 15.3. The van der Waals surface area contributed by atoms with Gasteiger partial charge in [-0.05, 0) is 32.0 Å². The summed E-state index contributed by atoms with van der Waals surface area (Å²) in [6, 6.07) is 10.8. The van der Waals surface area contributed by atoms with Gasteiger partial charge in [-0.25, -0.2) is 4.98 Å². The average Bonchev–Trinajstić information content (AvgIpc) is 2.70. The van der Waals surface area contributed by atoms with Crippen molar-refractivity contribution in [3.05, 3.63) is 47.2 Å². The van der Waals surface area contributed by atoms with Gasteiger partial charge in [-0.1, -0.05) is 24.3 Å². The van der Waals surface area contributed by atoms with E-state index >= 15 is 0 Å². The van der Waals surface area contributed by atoms with Crippen LogP contribution in [0.5, 0.6) is 0 Å². The molecule has 0 radical (unpaired) electrons. The molecule has 0 atom stereocenters. The number of aromatic nitrogens is 2. The number of rotatable bonds is 4. The van der Waals surface area contributed by atoms with E-state index < -0.39 is 0 Å². The van der Waals surface area contributed by atoms with E-state index in [1.807, 2.05) is 0 Å². The minimum atomic E-state index is 0.894. The van der Waals surface area contributed by atoms with E-state index in [9.17, 15) is 0 Å². The van der Waals surface area contributed by atoms with Crippen molar-refractivity contribution in [1.29, 1.82) is 0 Å². The van der Waals surface area contributed by atoms with Crippen LogP contribution >= 0.6 is 0 Å². The first kappa shape index (κ1) is 19.2. The van der Waals surface area contributed by atoms with Gasteiger partial charge < -0.3 is 14.7 Å². The normalized spacial score (nSPS) is 19.2. The zero-order valence-corrected chi connectivity index (χ0v) is 17.4. The van der Waals surface area contributed by atoms with Crippen molar-refractivity contribution in [1.82, 2.24) is 19.8 Å². The molecule has 0 saturated carbocycles. The fourth-order valence-electron chi connectivity index (χ4n) is 4.01. The number of hydrogen-bond donors (Lipinski definition) is 0. The van der Waals surface area contributed by atoms with Crippen LogP contribution in [0.15, 0.2) is 30.3 Å². The van der Waals surface area contributed by atoms with Crippen molar-refractivity contribution in [2.24, 2.45) is 0 Å². The van der Waals surface area contributed by atoms with E-state index in [4.69, 9.17) is 9.97 Å². The van der Waals surface area contributed by atoms with Gasteiger partial charge in [0, 0.05) is 70.7 Å². The molecule has 6 nitrogen and oxygen atoms in total. The second-order valence-electron chi connectivity index (χ2n) is 8.15. The molecule has 0 aliphatic carbocycles. The van der Waals surface area contributed by atoms with Crippen molar-refractivity contribution >= 4 is 11.8 Å². The van der Waals surface area contributed by atoms with Gasteiger partial charge >= 0.3 is 0 Å². The first-order valence-corrected chi connectivity index (χ1v) is 10.4. The number of anilines is 2. The zero-order valence-electron chi connectivity index (χ0n) is 17.4. The topological polar surface area (TPSA) is 38.7 Å². The molecule has 0 amide bonds. The quantitative estimate of drug-likeness (QED) is 0.809. The highest BCUT2D eigenvalue weighted by Gasteiger charge is 2.22. The molecule has 2 saturated heterocycles. The lowest BCUT2D eigenvalue weighted by atomic mass is 10.1. The largest absolute Gasteiger partial charge is 0.354 e. The Kier molecular flexibility index (Phi) is 5.78. The van der Waals surface area contributed by atoms with Gasteiger partial charge in [-0.2, -0.15) is 4.98 Å². The van der Waals surface area contributed by atoms with Gasteiger partial charge in [0.2, 0.25) is 5.95 Å². The van der Waals surface area contributed by atoms with Crippen LogP contribution in [0.2, 0.25) is 0 Å². The van der Waals surface area contributed by atoms with Crippen LogP contribution in [0.4, 0.5) is 11.8 Å². The number of hydrogen-bond acceptors (Lipinski definition) is 6. The minimum Gasteiger partial charge on any atom is -0.354 e. The van der Waals surface area contributed by atoms with Gasteiger partial charge in [0.25, 0.3) is 0 Å². The molecule has 3 heterocycles.